The number of methoxy groups -OCH3 is 1. The van der Waals surface area contributed by atoms with Crippen LogP contribution in [0.3, 0.4) is 0 Å². The lowest BCUT2D eigenvalue weighted by Gasteiger charge is -2.33. The summed E-state index contributed by atoms with van der Waals surface area (Å²) < 4.78 is 12.5. The van der Waals surface area contributed by atoms with E-state index in [4.69, 9.17) is 15.2 Å². The molecule has 2 N–H and O–H groups in total. The Labute approximate surface area is 164 Å². The first-order valence-electron chi connectivity index (χ1n) is 9.42. The molecule has 3 heterocycles. The minimum Gasteiger partial charge on any atom is -0.478 e. The zero-order valence-electron chi connectivity index (χ0n) is 16.9. The summed E-state index contributed by atoms with van der Waals surface area (Å²) in [6.45, 7) is 7.85. The van der Waals surface area contributed by atoms with E-state index in [2.05, 4.69) is 15.1 Å². The third-order valence-electron chi connectivity index (χ3n) is 4.60. The number of nitrogens with zero attached hydrogens (tertiary/aromatic N) is 5. The number of nitrogens with two attached hydrogens (primary N) is 1. The predicted octanol–water partition coefficient (Wildman–Crippen LogP) is 2.58. The Kier molecular flexibility index (Phi) is 5.71. The largest absolute Gasteiger partial charge is 0.478 e. The Morgan fingerprint density at radius 3 is 2.64 bits per heavy atom. The maximum atomic E-state index is 12.2. The molecule has 2 aromatic rings. The highest BCUT2D eigenvalue weighted by Crippen LogP contribution is 2.24. The van der Waals surface area contributed by atoms with Crippen molar-refractivity contribution in [3.05, 3.63) is 18.6 Å². The van der Waals surface area contributed by atoms with Gasteiger partial charge in [0.25, 0.3) is 5.88 Å². The summed E-state index contributed by atoms with van der Waals surface area (Å²) in [5.74, 6) is 1.02. The molecule has 0 aromatic carbocycles. The Bertz CT molecular complexity index is 821. The van der Waals surface area contributed by atoms with Gasteiger partial charge in [0.05, 0.1) is 25.2 Å². The number of amides is 1. The number of piperidine rings is 1. The molecule has 0 unspecified atom stereocenters. The van der Waals surface area contributed by atoms with Crippen LogP contribution in [0.5, 0.6) is 5.88 Å². The third-order valence-corrected chi connectivity index (χ3v) is 4.60. The molecule has 1 aliphatic rings. The van der Waals surface area contributed by atoms with Crippen LogP contribution in [0, 0.1) is 5.92 Å². The Morgan fingerprint density at radius 2 is 2.00 bits per heavy atom. The summed E-state index contributed by atoms with van der Waals surface area (Å²) in [6.07, 6.45) is 6.92. The average Bonchev–Trinajstić information content (AvgIpc) is 3.10. The van der Waals surface area contributed by atoms with E-state index in [1.165, 1.54) is 7.11 Å². The van der Waals surface area contributed by atoms with Crippen LogP contribution in [0.25, 0.3) is 11.3 Å². The fraction of sp³-hybridized carbons (Fsp3) is 0.579. The number of carbonyl (C=O) groups excluding carboxylic acids is 1. The number of rotatable bonds is 4. The van der Waals surface area contributed by atoms with Crippen LogP contribution in [-0.4, -0.2) is 56.5 Å². The molecule has 0 radical (unpaired) electrons. The van der Waals surface area contributed by atoms with Crippen molar-refractivity contribution in [3.8, 4) is 17.1 Å². The van der Waals surface area contributed by atoms with Gasteiger partial charge in [-0.15, -0.1) is 0 Å². The molecule has 1 fully saturated rings. The van der Waals surface area contributed by atoms with E-state index in [0.29, 0.717) is 30.6 Å². The average molecular weight is 388 g/mol. The monoisotopic (exact) mass is 388 g/mol. The molecule has 2 aromatic heterocycles. The van der Waals surface area contributed by atoms with E-state index in [-0.39, 0.29) is 11.9 Å². The van der Waals surface area contributed by atoms with Crippen molar-refractivity contribution in [2.45, 2.75) is 45.8 Å². The zero-order chi connectivity index (χ0) is 20.3. The highest BCUT2D eigenvalue weighted by molar-refractivity contribution is 5.68. The van der Waals surface area contributed by atoms with Gasteiger partial charge < -0.3 is 20.1 Å². The molecule has 9 nitrogen and oxygen atoms in total. The van der Waals surface area contributed by atoms with E-state index in [9.17, 15) is 4.79 Å². The van der Waals surface area contributed by atoms with Gasteiger partial charge in [-0.1, -0.05) is 0 Å². The number of nitrogen functional groups attached to an aromatic ring is 1. The molecule has 1 saturated heterocycles. The van der Waals surface area contributed by atoms with Gasteiger partial charge in [-0.25, -0.2) is 14.8 Å². The summed E-state index contributed by atoms with van der Waals surface area (Å²) in [5.41, 5.74) is 6.77. The quantitative estimate of drug-likeness (QED) is 0.857. The van der Waals surface area contributed by atoms with Crippen molar-refractivity contribution in [2.75, 3.05) is 25.9 Å². The second kappa shape index (κ2) is 8.04. The van der Waals surface area contributed by atoms with Crippen LogP contribution in [0.2, 0.25) is 0 Å². The highest BCUT2D eigenvalue weighted by Gasteiger charge is 2.27. The van der Waals surface area contributed by atoms with Gasteiger partial charge in [-0.2, -0.15) is 5.10 Å². The van der Waals surface area contributed by atoms with E-state index in [1.807, 2.05) is 31.6 Å². The van der Waals surface area contributed by atoms with Crippen molar-refractivity contribution in [1.29, 1.82) is 0 Å². The second-order valence-corrected chi connectivity index (χ2v) is 8.01. The maximum absolute atomic E-state index is 12.2. The van der Waals surface area contributed by atoms with E-state index >= 15 is 0 Å². The molecule has 0 spiro atoms. The summed E-state index contributed by atoms with van der Waals surface area (Å²) in [5, 5.41) is 4.44. The number of anilines is 1. The molecule has 1 amide bonds. The lowest BCUT2D eigenvalue weighted by molar-refractivity contribution is 0.0177. The topological polar surface area (TPSA) is 108 Å². The van der Waals surface area contributed by atoms with Gasteiger partial charge in [-0.05, 0) is 39.5 Å². The first-order valence-corrected chi connectivity index (χ1v) is 9.42. The Morgan fingerprint density at radius 1 is 1.29 bits per heavy atom. The lowest BCUT2D eigenvalue weighted by Crippen LogP contribution is -2.42. The molecular weight excluding hydrogens is 360 g/mol. The molecule has 9 heteroatoms. The minimum atomic E-state index is -0.465. The van der Waals surface area contributed by atoms with Crippen LogP contribution < -0.4 is 10.5 Å². The fourth-order valence-corrected chi connectivity index (χ4v) is 3.16. The molecule has 3 rings (SSSR count). The summed E-state index contributed by atoms with van der Waals surface area (Å²) in [7, 11) is 1.51. The Balaban J connectivity index is 1.56. The minimum absolute atomic E-state index is 0.233. The van der Waals surface area contributed by atoms with Gasteiger partial charge in [-0.3, -0.25) is 4.68 Å². The third kappa shape index (κ3) is 4.90. The first-order chi connectivity index (χ1) is 13.2. The highest BCUT2D eigenvalue weighted by atomic mass is 16.6. The van der Waals surface area contributed by atoms with Crippen LogP contribution >= 0.6 is 0 Å². The smallest absolute Gasteiger partial charge is 0.410 e. The van der Waals surface area contributed by atoms with Crippen LogP contribution in [0.15, 0.2) is 18.6 Å². The molecule has 28 heavy (non-hydrogen) atoms. The van der Waals surface area contributed by atoms with Crippen molar-refractivity contribution in [2.24, 2.45) is 5.92 Å². The van der Waals surface area contributed by atoms with E-state index in [1.54, 1.807) is 17.3 Å². The van der Waals surface area contributed by atoms with E-state index < -0.39 is 5.60 Å². The van der Waals surface area contributed by atoms with Gasteiger partial charge in [0.1, 0.15) is 5.60 Å². The van der Waals surface area contributed by atoms with Crippen molar-refractivity contribution >= 4 is 11.9 Å². The predicted molar refractivity (Wildman–Crippen MR) is 105 cm³/mol. The van der Waals surface area contributed by atoms with Gasteiger partial charge in [0, 0.05) is 31.4 Å². The number of aromatic nitrogens is 4. The summed E-state index contributed by atoms with van der Waals surface area (Å²) in [4.78, 5) is 22.4. The van der Waals surface area contributed by atoms with Gasteiger partial charge in [0.2, 0.25) is 0 Å². The van der Waals surface area contributed by atoms with Crippen molar-refractivity contribution in [3.63, 3.8) is 0 Å². The fourth-order valence-electron chi connectivity index (χ4n) is 3.16. The normalized spacial score (nSPS) is 15.5. The molecule has 152 valence electrons. The zero-order valence-corrected chi connectivity index (χ0v) is 16.9. The van der Waals surface area contributed by atoms with E-state index in [0.717, 1.165) is 24.9 Å². The van der Waals surface area contributed by atoms with Crippen molar-refractivity contribution in [1.82, 2.24) is 24.6 Å². The molecule has 0 atom stereocenters. The SMILES string of the molecule is COc1nc(-c2cnn(CC3CCN(C(=O)OC(C)(C)C)CC3)c2)cnc1N. The summed E-state index contributed by atoms with van der Waals surface area (Å²) >= 11 is 0. The number of ether oxygens (including phenoxy) is 2. The van der Waals surface area contributed by atoms with Gasteiger partial charge in [0.15, 0.2) is 5.82 Å². The van der Waals surface area contributed by atoms with Crippen LogP contribution in [-0.2, 0) is 11.3 Å². The molecular formula is C19H28N6O3. The molecule has 0 aliphatic carbocycles. The first kappa shape index (κ1) is 19.9. The van der Waals surface area contributed by atoms with Crippen LogP contribution in [0.4, 0.5) is 10.6 Å². The maximum Gasteiger partial charge on any atom is 0.410 e. The van der Waals surface area contributed by atoms with Crippen molar-refractivity contribution < 1.29 is 14.3 Å². The standard InChI is InChI=1S/C19H28N6O3/c1-19(2,3)28-18(26)24-7-5-13(6-8-24)11-25-12-14(9-22-25)15-10-21-16(20)17(23-15)27-4/h9-10,12-13H,5-8,11H2,1-4H3,(H2,20,21). The molecule has 0 bridgehead atoms. The van der Waals surface area contributed by atoms with Gasteiger partial charge >= 0.3 is 6.09 Å². The number of carbonyl (C=O) groups is 1. The number of likely N-dealkylation sites (tertiary alicyclic amines) is 1. The molecule has 1 aliphatic heterocycles. The molecule has 0 saturated carbocycles. The number of hydrogen-bond acceptors (Lipinski definition) is 7. The lowest BCUT2D eigenvalue weighted by atomic mass is 9.97. The van der Waals surface area contributed by atoms with Crippen LogP contribution in [0.1, 0.15) is 33.6 Å². The Hall–Kier alpha value is -2.84. The second-order valence-electron chi connectivity index (χ2n) is 8.01. The summed E-state index contributed by atoms with van der Waals surface area (Å²) in [6, 6.07) is 0. The number of hydrogen-bond donors (Lipinski definition) is 1.